The van der Waals surface area contributed by atoms with E-state index in [9.17, 15) is 9.59 Å². The molecular weight excluding hydrogens is 230 g/mol. The van der Waals surface area contributed by atoms with Crippen LogP contribution in [0.3, 0.4) is 0 Å². The summed E-state index contributed by atoms with van der Waals surface area (Å²) < 4.78 is 0. The molecule has 0 aliphatic heterocycles. The topological polar surface area (TPSA) is 75.4 Å². The summed E-state index contributed by atoms with van der Waals surface area (Å²) in [6.45, 7) is 1.57. The molecule has 98 valence electrons. The van der Waals surface area contributed by atoms with Crippen LogP contribution in [0.2, 0.25) is 0 Å². The first-order valence-electron chi connectivity index (χ1n) is 5.68. The Balaban J connectivity index is 2.69. The summed E-state index contributed by atoms with van der Waals surface area (Å²) in [4.78, 5) is 24.8. The fourth-order valence-corrected chi connectivity index (χ4v) is 1.41. The van der Waals surface area contributed by atoms with Crippen LogP contribution in [-0.4, -0.2) is 37.4 Å². The van der Waals surface area contributed by atoms with E-state index >= 15 is 0 Å². The zero-order valence-electron chi connectivity index (χ0n) is 10.9. The lowest BCUT2D eigenvalue weighted by molar-refractivity contribution is -0.132. The quantitative estimate of drug-likeness (QED) is 0.792. The Bertz CT molecular complexity index is 427. The summed E-state index contributed by atoms with van der Waals surface area (Å²) in [6.07, 6.45) is 0. The SMILES string of the molecule is CN(C)C(=O)CNC(=O)C(C)(N)c1ccccc1. The van der Waals surface area contributed by atoms with E-state index in [1.807, 2.05) is 18.2 Å². The highest BCUT2D eigenvalue weighted by Gasteiger charge is 2.30. The largest absolute Gasteiger partial charge is 0.347 e. The van der Waals surface area contributed by atoms with Crippen molar-refractivity contribution < 1.29 is 9.59 Å². The Morgan fingerprint density at radius 1 is 1.28 bits per heavy atom. The fraction of sp³-hybridized carbons (Fsp3) is 0.385. The highest BCUT2D eigenvalue weighted by Crippen LogP contribution is 2.17. The first-order chi connectivity index (χ1) is 8.35. The van der Waals surface area contributed by atoms with E-state index in [4.69, 9.17) is 5.73 Å². The van der Waals surface area contributed by atoms with E-state index in [0.29, 0.717) is 5.56 Å². The molecule has 3 N–H and O–H groups in total. The molecule has 1 unspecified atom stereocenters. The van der Waals surface area contributed by atoms with Crippen LogP contribution in [0.5, 0.6) is 0 Å². The normalized spacial score (nSPS) is 13.6. The maximum Gasteiger partial charge on any atom is 0.244 e. The molecule has 0 saturated heterocycles. The van der Waals surface area contributed by atoms with Gasteiger partial charge in [0.1, 0.15) is 5.54 Å². The first kappa shape index (κ1) is 14.2. The molecule has 5 nitrogen and oxygen atoms in total. The van der Waals surface area contributed by atoms with E-state index in [1.165, 1.54) is 4.90 Å². The smallest absolute Gasteiger partial charge is 0.244 e. The molecule has 0 aliphatic carbocycles. The van der Waals surface area contributed by atoms with Crippen molar-refractivity contribution in [3.63, 3.8) is 0 Å². The number of carbonyl (C=O) groups excluding carboxylic acids is 2. The highest BCUT2D eigenvalue weighted by molar-refractivity contribution is 5.90. The minimum Gasteiger partial charge on any atom is -0.347 e. The molecule has 1 atom stereocenters. The Morgan fingerprint density at radius 3 is 2.33 bits per heavy atom. The van der Waals surface area contributed by atoms with Crippen LogP contribution in [-0.2, 0) is 15.1 Å². The number of hydrogen-bond acceptors (Lipinski definition) is 3. The van der Waals surface area contributed by atoms with Gasteiger partial charge in [0.25, 0.3) is 0 Å². The van der Waals surface area contributed by atoms with Crippen molar-refractivity contribution in [2.75, 3.05) is 20.6 Å². The summed E-state index contributed by atoms with van der Waals surface area (Å²) in [5, 5.41) is 2.55. The lowest BCUT2D eigenvalue weighted by Crippen LogP contribution is -2.51. The van der Waals surface area contributed by atoms with Crippen LogP contribution in [0.4, 0.5) is 0 Å². The van der Waals surface area contributed by atoms with Crippen molar-refractivity contribution in [3.05, 3.63) is 35.9 Å². The van der Waals surface area contributed by atoms with Crippen LogP contribution in [0, 0.1) is 0 Å². The molecule has 0 aromatic heterocycles. The van der Waals surface area contributed by atoms with Crippen molar-refractivity contribution in [3.8, 4) is 0 Å². The Morgan fingerprint density at radius 2 is 1.83 bits per heavy atom. The number of rotatable bonds is 4. The zero-order chi connectivity index (χ0) is 13.8. The number of benzene rings is 1. The molecular formula is C13H19N3O2. The monoisotopic (exact) mass is 249 g/mol. The van der Waals surface area contributed by atoms with Gasteiger partial charge in [-0.1, -0.05) is 30.3 Å². The van der Waals surface area contributed by atoms with Gasteiger partial charge < -0.3 is 16.0 Å². The van der Waals surface area contributed by atoms with E-state index in [-0.39, 0.29) is 18.4 Å². The predicted molar refractivity (Wildman–Crippen MR) is 69.7 cm³/mol. The third-order valence-electron chi connectivity index (χ3n) is 2.74. The van der Waals surface area contributed by atoms with Gasteiger partial charge in [-0.15, -0.1) is 0 Å². The van der Waals surface area contributed by atoms with Gasteiger partial charge in [0.2, 0.25) is 11.8 Å². The van der Waals surface area contributed by atoms with Gasteiger partial charge in [0, 0.05) is 14.1 Å². The van der Waals surface area contributed by atoms with Crippen molar-refractivity contribution in [1.82, 2.24) is 10.2 Å². The summed E-state index contributed by atoms with van der Waals surface area (Å²) >= 11 is 0. The molecule has 5 heteroatoms. The van der Waals surface area contributed by atoms with E-state index in [2.05, 4.69) is 5.32 Å². The molecule has 0 fully saturated rings. The van der Waals surface area contributed by atoms with Gasteiger partial charge in [-0.05, 0) is 12.5 Å². The Labute approximate surface area is 107 Å². The summed E-state index contributed by atoms with van der Waals surface area (Å²) in [6, 6.07) is 9.06. The van der Waals surface area contributed by atoms with E-state index in [1.54, 1.807) is 33.2 Å². The molecule has 1 rings (SSSR count). The lowest BCUT2D eigenvalue weighted by Gasteiger charge is -2.24. The van der Waals surface area contributed by atoms with Crippen molar-refractivity contribution >= 4 is 11.8 Å². The number of hydrogen-bond donors (Lipinski definition) is 2. The fourth-order valence-electron chi connectivity index (χ4n) is 1.41. The minimum atomic E-state index is -1.14. The van der Waals surface area contributed by atoms with Crippen molar-refractivity contribution in [2.24, 2.45) is 5.73 Å². The average molecular weight is 249 g/mol. The molecule has 0 bridgehead atoms. The second-order valence-electron chi connectivity index (χ2n) is 4.54. The van der Waals surface area contributed by atoms with Gasteiger partial charge in [0.05, 0.1) is 6.54 Å². The molecule has 1 aromatic rings. The highest BCUT2D eigenvalue weighted by atomic mass is 16.2. The van der Waals surface area contributed by atoms with Gasteiger partial charge in [-0.25, -0.2) is 0 Å². The summed E-state index contributed by atoms with van der Waals surface area (Å²) in [5.74, 6) is -0.545. The second kappa shape index (κ2) is 5.64. The van der Waals surface area contributed by atoms with Crippen LogP contribution >= 0.6 is 0 Å². The molecule has 0 aliphatic rings. The van der Waals surface area contributed by atoms with Crippen LogP contribution < -0.4 is 11.1 Å². The second-order valence-corrected chi connectivity index (χ2v) is 4.54. The maximum absolute atomic E-state index is 12.0. The first-order valence-corrected chi connectivity index (χ1v) is 5.68. The Hall–Kier alpha value is -1.88. The molecule has 18 heavy (non-hydrogen) atoms. The van der Waals surface area contributed by atoms with Gasteiger partial charge in [-0.2, -0.15) is 0 Å². The average Bonchev–Trinajstić information content (AvgIpc) is 2.36. The molecule has 0 radical (unpaired) electrons. The molecule has 2 amide bonds. The van der Waals surface area contributed by atoms with Gasteiger partial charge in [0.15, 0.2) is 0 Å². The number of nitrogens with zero attached hydrogens (tertiary/aromatic N) is 1. The summed E-state index contributed by atoms with van der Waals surface area (Å²) in [5.41, 5.74) is 5.57. The maximum atomic E-state index is 12.0. The number of nitrogens with two attached hydrogens (primary N) is 1. The zero-order valence-corrected chi connectivity index (χ0v) is 10.9. The lowest BCUT2D eigenvalue weighted by atomic mass is 9.92. The third kappa shape index (κ3) is 3.30. The van der Waals surface area contributed by atoms with Crippen LogP contribution in [0.1, 0.15) is 12.5 Å². The number of amides is 2. The van der Waals surface area contributed by atoms with Crippen LogP contribution in [0.15, 0.2) is 30.3 Å². The molecule has 0 saturated carbocycles. The number of nitrogens with one attached hydrogen (secondary N) is 1. The van der Waals surface area contributed by atoms with E-state index < -0.39 is 5.54 Å². The molecule has 0 heterocycles. The van der Waals surface area contributed by atoms with Gasteiger partial charge >= 0.3 is 0 Å². The molecule has 0 spiro atoms. The van der Waals surface area contributed by atoms with Crippen LogP contribution in [0.25, 0.3) is 0 Å². The van der Waals surface area contributed by atoms with E-state index in [0.717, 1.165) is 0 Å². The van der Waals surface area contributed by atoms with Crippen molar-refractivity contribution in [2.45, 2.75) is 12.5 Å². The molecule has 1 aromatic carbocycles. The Kier molecular flexibility index (Phi) is 4.44. The summed E-state index contributed by atoms with van der Waals surface area (Å²) in [7, 11) is 3.26. The van der Waals surface area contributed by atoms with Crippen molar-refractivity contribution in [1.29, 1.82) is 0 Å². The standard InChI is InChI=1S/C13H19N3O2/c1-13(14,10-7-5-4-6-8-10)12(18)15-9-11(17)16(2)3/h4-8H,9,14H2,1-3H3,(H,15,18). The number of likely N-dealkylation sites (N-methyl/N-ethyl adjacent to an activating group) is 1. The van der Waals surface area contributed by atoms with Gasteiger partial charge in [-0.3, -0.25) is 9.59 Å². The predicted octanol–water partition coefficient (Wildman–Crippen LogP) is 0.0649. The number of carbonyl (C=O) groups is 2. The minimum absolute atomic E-state index is 0.0501. The third-order valence-corrected chi connectivity index (χ3v) is 2.74.